The highest BCUT2D eigenvalue weighted by Crippen LogP contribution is 2.34. The molecule has 0 aromatic heterocycles. The lowest BCUT2D eigenvalue weighted by molar-refractivity contribution is -0.117. The first-order valence-corrected chi connectivity index (χ1v) is 8.10. The Hall–Kier alpha value is -2.73. The van der Waals surface area contributed by atoms with Gasteiger partial charge in [0.15, 0.2) is 11.5 Å². The van der Waals surface area contributed by atoms with E-state index in [2.05, 4.69) is 12.2 Å². The van der Waals surface area contributed by atoms with Crippen molar-refractivity contribution >= 4 is 11.6 Å². The lowest BCUT2D eigenvalue weighted by Gasteiger charge is -2.24. The molecule has 0 saturated heterocycles. The smallest absolute Gasteiger partial charge is 0.238 e. The van der Waals surface area contributed by atoms with Crippen LogP contribution in [0, 0.1) is 0 Å². The van der Waals surface area contributed by atoms with E-state index in [1.807, 2.05) is 36.2 Å². The van der Waals surface area contributed by atoms with E-state index in [0.29, 0.717) is 17.2 Å². The topological polar surface area (TPSA) is 60.0 Å². The Kier molecular flexibility index (Phi) is 5.09. The molecule has 1 atom stereocenters. The summed E-state index contributed by atoms with van der Waals surface area (Å²) in [6, 6.07) is 13.3. The summed E-state index contributed by atoms with van der Waals surface area (Å²) in [5, 5.41) is 2.89. The fourth-order valence-electron chi connectivity index (χ4n) is 2.68. The zero-order chi connectivity index (χ0) is 17.8. The zero-order valence-corrected chi connectivity index (χ0v) is 14.6. The van der Waals surface area contributed by atoms with Gasteiger partial charge in [0.1, 0.15) is 5.75 Å². The van der Waals surface area contributed by atoms with E-state index < -0.39 is 0 Å². The number of likely N-dealkylation sites (N-methyl/N-ethyl adjacent to an activating group) is 1. The molecular weight excluding hydrogens is 320 g/mol. The van der Waals surface area contributed by atoms with Gasteiger partial charge in [-0.25, -0.2) is 0 Å². The summed E-state index contributed by atoms with van der Waals surface area (Å²) in [6.07, 6.45) is 0. The number of hydrogen-bond acceptors (Lipinski definition) is 5. The minimum Gasteiger partial charge on any atom is -0.497 e. The summed E-state index contributed by atoms with van der Waals surface area (Å²) >= 11 is 0. The standard InChI is InChI=1S/C19H22N2O4/c1-13(14-4-7-16(23-3)8-5-14)21(2)11-19(22)20-15-6-9-17-18(10-15)25-12-24-17/h4-10,13H,11-12H2,1-3H3,(H,20,22). The van der Waals surface area contributed by atoms with Gasteiger partial charge in [-0.1, -0.05) is 12.1 Å². The van der Waals surface area contributed by atoms with Crippen molar-refractivity contribution in [2.75, 3.05) is 32.8 Å². The predicted octanol–water partition coefficient (Wildman–Crippen LogP) is 3.06. The van der Waals surface area contributed by atoms with Crippen LogP contribution >= 0.6 is 0 Å². The summed E-state index contributed by atoms with van der Waals surface area (Å²) in [6.45, 7) is 2.56. The van der Waals surface area contributed by atoms with Crippen LogP contribution in [0.2, 0.25) is 0 Å². The number of methoxy groups -OCH3 is 1. The number of nitrogens with one attached hydrogen (secondary N) is 1. The van der Waals surface area contributed by atoms with Crippen molar-refractivity contribution in [2.24, 2.45) is 0 Å². The van der Waals surface area contributed by atoms with E-state index in [-0.39, 0.29) is 25.3 Å². The summed E-state index contributed by atoms with van der Waals surface area (Å²) in [5.74, 6) is 2.09. The highest BCUT2D eigenvalue weighted by molar-refractivity contribution is 5.92. The van der Waals surface area contributed by atoms with Gasteiger partial charge in [0.05, 0.1) is 13.7 Å². The zero-order valence-electron chi connectivity index (χ0n) is 14.6. The maximum absolute atomic E-state index is 12.3. The quantitative estimate of drug-likeness (QED) is 0.874. The predicted molar refractivity (Wildman–Crippen MR) is 95.2 cm³/mol. The molecule has 1 aliphatic rings. The number of rotatable bonds is 6. The van der Waals surface area contributed by atoms with Crippen LogP contribution in [0.15, 0.2) is 42.5 Å². The first-order valence-electron chi connectivity index (χ1n) is 8.10. The van der Waals surface area contributed by atoms with Gasteiger partial charge in [-0.2, -0.15) is 0 Å². The van der Waals surface area contributed by atoms with Crippen LogP contribution in [-0.4, -0.2) is 38.3 Å². The SMILES string of the molecule is COc1ccc(C(C)N(C)CC(=O)Nc2ccc3c(c2)OCO3)cc1. The molecule has 0 radical (unpaired) electrons. The van der Waals surface area contributed by atoms with Gasteiger partial charge < -0.3 is 19.5 Å². The molecule has 0 aliphatic carbocycles. The molecule has 0 fully saturated rings. The Morgan fingerprint density at radius 1 is 1.20 bits per heavy atom. The van der Waals surface area contributed by atoms with E-state index >= 15 is 0 Å². The Morgan fingerprint density at radius 3 is 2.64 bits per heavy atom. The Morgan fingerprint density at radius 2 is 1.92 bits per heavy atom. The number of benzene rings is 2. The van der Waals surface area contributed by atoms with E-state index in [1.54, 1.807) is 25.3 Å². The molecule has 1 unspecified atom stereocenters. The molecule has 25 heavy (non-hydrogen) atoms. The largest absolute Gasteiger partial charge is 0.497 e. The van der Waals surface area contributed by atoms with Crippen LogP contribution in [0.3, 0.4) is 0 Å². The Balaban J connectivity index is 1.57. The Labute approximate surface area is 147 Å². The average Bonchev–Trinajstić information content (AvgIpc) is 3.08. The third-order valence-corrected chi connectivity index (χ3v) is 4.31. The molecule has 3 rings (SSSR count). The molecule has 2 aromatic rings. The van der Waals surface area contributed by atoms with Gasteiger partial charge in [-0.15, -0.1) is 0 Å². The van der Waals surface area contributed by atoms with Gasteiger partial charge >= 0.3 is 0 Å². The third-order valence-electron chi connectivity index (χ3n) is 4.31. The molecular formula is C19H22N2O4. The molecule has 6 heteroatoms. The van der Waals surface area contributed by atoms with Crippen LogP contribution in [-0.2, 0) is 4.79 Å². The highest BCUT2D eigenvalue weighted by atomic mass is 16.7. The molecule has 132 valence electrons. The monoisotopic (exact) mass is 342 g/mol. The minimum absolute atomic E-state index is 0.0817. The number of hydrogen-bond donors (Lipinski definition) is 1. The second kappa shape index (κ2) is 7.44. The first-order chi connectivity index (χ1) is 12.1. The van der Waals surface area contributed by atoms with Crippen LogP contribution in [0.25, 0.3) is 0 Å². The molecule has 1 N–H and O–H groups in total. The molecule has 1 amide bonds. The molecule has 0 saturated carbocycles. The van der Waals surface area contributed by atoms with Crippen molar-refractivity contribution in [3.8, 4) is 17.2 Å². The van der Waals surface area contributed by atoms with E-state index in [9.17, 15) is 4.79 Å². The van der Waals surface area contributed by atoms with Gasteiger partial charge in [0, 0.05) is 17.8 Å². The highest BCUT2D eigenvalue weighted by Gasteiger charge is 2.17. The molecule has 1 heterocycles. The second-order valence-electron chi connectivity index (χ2n) is 5.98. The Bertz CT molecular complexity index is 746. The number of amides is 1. The average molecular weight is 342 g/mol. The molecule has 1 aliphatic heterocycles. The van der Waals surface area contributed by atoms with Crippen molar-refractivity contribution in [3.05, 3.63) is 48.0 Å². The van der Waals surface area contributed by atoms with Crippen molar-refractivity contribution in [3.63, 3.8) is 0 Å². The summed E-state index contributed by atoms with van der Waals surface area (Å²) in [4.78, 5) is 14.3. The summed E-state index contributed by atoms with van der Waals surface area (Å²) < 4.78 is 15.8. The lowest BCUT2D eigenvalue weighted by Crippen LogP contribution is -2.32. The number of carbonyl (C=O) groups excluding carboxylic acids is 1. The van der Waals surface area contributed by atoms with Crippen molar-refractivity contribution in [1.29, 1.82) is 0 Å². The van der Waals surface area contributed by atoms with Crippen molar-refractivity contribution in [1.82, 2.24) is 4.90 Å². The lowest BCUT2D eigenvalue weighted by atomic mass is 10.1. The number of anilines is 1. The molecule has 0 bridgehead atoms. The van der Waals surface area contributed by atoms with Crippen LogP contribution < -0.4 is 19.5 Å². The van der Waals surface area contributed by atoms with E-state index in [4.69, 9.17) is 14.2 Å². The normalized spacial score (nSPS) is 13.6. The summed E-state index contributed by atoms with van der Waals surface area (Å²) in [5.41, 5.74) is 1.82. The van der Waals surface area contributed by atoms with Crippen LogP contribution in [0.5, 0.6) is 17.2 Å². The maximum atomic E-state index is 12.3. The van der Waals surface area contributed by atoms with Gasteiger partial charge in [0.25, 0.3) is 0 Å². The number of ether oxygens (including phenoxy) is 3. The fourth-order valence-corrected chi connectivity index (χ4v) is 2.68. The van der Waals surface area contributed by atoms with E-state index in [0.717, 1.165) is 11.3 Å². The number of carbonyl (C=O) groups is 1. The number of nitrogens with zero attached hydrogens (tertiary/aromatic N) is 1. The van der Waals surface area contributed by atoms with Crippen LogP contribution in [0.1, 0.15) is 18.5 Å². The van der Waals surface area contributed by atoms with Gasteiger partial charge in [-0.05, 0) is 43.8 Å². The van der Waals surface area contributed by atoms with Crippen molar-refractivity contribution < 1.29 is 19.0 Å². The summed E-state index contributed by atoms with van der Waals surface area (Å²) in [7, 11) is 3.57. The molecule has 6 nitrogen and oxygen atoms in total. The second-order valence-corrected chi connectivity index (χ2v) is 5.98. The minimum atomic E-state index is -0.0817. The van der Waals surface area contributed by atoms with E-state index in [1.165, 1.54) is 0 Å². The third kappa shape index (κ3) is 4.03. The van der Waals surface area contributed by atoms with Crippen molar-refractivity contribution in [2.45, 2.75) is 13.0 Å². The number of fused-ring (bicyclic) bond motifs is 1. The maximum Gasteiger partial charge on any atom is 0.238 e. The van der Waals surface area contributed by atoms with Gasteiger partial charge in [0.2, 0.25) is 12.7 Å². The molecule has 2 aromatic carbocycles. The fraction of sp³-hybridized carbons (Fsp3) is 0.316. The first kappa shape index (κ1) is 17.1. The van der Waals surface area contributed by atoms with Gasteiger partial charge in [-0.3, -0.25) is 9.69 Å². The van der Waals surface area contributed by atoms with Crippen LogP contribution in [0.4, 0.5) is 5.69 Å². The molecule has 0 spiro atoms.